The number of rotatable bonds is 8. The standard InChI is InChI=1S/C24H24N2O2S/c1-4-5-12-28-22-11-8-18(14-23(22)27-3)13-20(15-25)24-26-21(16-29-24)19-9-6-17(2)7-10-19/h6-11,13-14,16H,4-5,12H2,1-3H3/b20-13+. The third-order valence-corrected chi connectivity index (χ3v) is 5.33. The first-order valence-electron chi connectivity index (χ1n) is 9.60. The lowest BCUT2D eigenvalue weighted by Gasteiger charge is -2.11. The Bertz CT molecular complexity index is 1030. The highest BCUT2D eigenvalue weighted by atomic mass is 32.1. The summed E-state index contributed by atoms with van der Waals surface area (Å²) in [7, 11) is 1.62. The second kappa shape index (κ2) is 9.90. The van der Waals surface area contributed by atoms with Crippen LogP contribution in [0.1, 0.15) is 35.9 Å². The number of aryl methyl sites for hydroxylation is 1. The first-order valence-corrected chi connectivity index (χ1v) is 10.5. The average Bonchev–Trinajstić information content (AvgIpc) is 3.23. The fourth-order valence-corrected chi connectivity index (χ4v) is 3.58. The van der Waals surface area contributed by atoms with E-state index in [0.29, 0.717) is 28.7 Å². The van der Waals surface area contributed by atoms with Gasteiger partial charge in [0.1, 0.15) is 11.1 Å². The molecule has 29 heavy (non-hydrogen) atoms. The lowest BCUT2D eigenvalue weighted by Crippen LogP contribution is -1.99. The molecule has 0 bridgehead atoms. The summed E-state index contributed by atoms with van der Waals surface area (Å²) < 4.78 is 11.2. The third kappa shape index (κ3) is 5.24. The van der Waals surface area contributed by atoms with Crippen molar-refractivity contribution in [3.63, 3.8) is 0 Å². The van der Waals surface area contributed by atoms with E-state index < -0.39 is 0 Å². The highest BCUT2D eigenvalue weighted by Crippen LogP contribution is 2.31. The zero-order valence-electron chi connectivity index (χ0n) is 16.9. The molecule has 0 atom stereocenters. The van der Waals surface area contributed by atoms with E-state index in [-0.39, 0.29) is 0 Å². The third-order valence-electron chi connectivity index (χ3n) is 4.46. The molecule has 0 radical (unpaired) electrons. The molecule has 0 aliphatic rings. The van der Waals surface area contributed by atoms with Crippen LogP contribution in [0, 0.1) is 18.3 Å². The molecule has 4 nitrogen and oxygen atoms in total. The molecular formula is C24H24N2O2S. The van der Waals surface area contributed by atoms with Crippen LogP contribution in [0.3, 0.4) is 0 Å². The summed E-state index contributed by atoms with van der Waals surface area (Å²) in [6.45, 7) is 4.84. The maximum atomic E-state index is 9.67. The molecular weight excluding hydrogens is 380 g/mol. The molecule has 1 heterocycles. The second-order valence-corrected chi connectivity index (χ2v) is 7.54. The van der Waals surface area contributed by atoms with Crippen LogP contribution in [0.5, 0.6) is 11.5 Å². The quantitative estimate of drug-likeness (QED) is 0.323. The summed E-state index contributed by atoms with van der Waals surface area (Å²) in [5.41, 5.74) is 4.52. The zero-order chi connectivity index (χ0) is 20.6. The normalized spacial score (nSPS) is 11.2. The van der Waals surface area contributed by atoms with Crippen molar-refractivity contribution in [2.75, 3.05) is 13.7 Å². The number of allylic oxidation sites excluding steroid dienone is 1. The molecule has 0 N–H and O–H groups in total. The van der Waals surface area contributed by atoms with Gasteiger partial charge in [-0.15, -0.1) is 11.3 Å². The highest BCUT2D eigenvalue weighted by molar-refractivity contribution is 7.11. The molecule has 5 heteroatoms. The fourth-order valence-electron chi connectivity index (χ4n) is 2.78. The van der Waals surface area contributed by atoms with Gasteiger partial charge in [0.2, 0.25) is 0 Å². The van der Waals surface area contributed by atoms with Crippen molar-refractivity contribution in [1.29, 1.82) is 5.26 Å². The SMILES string of the molecule is CCCCOc1ccc(/C=C(\C#N)c2nc(-c3ccc(C)cc3)cs2)cc1OC. The van der Waals surface area contributed by atoms with Crippen LogP contribution in [0.25, 0.3) is 22.9 Å². The van der Waals surface area contributed by atoms with Crippen LogP contribution >= 0.6 is 11.3 Å². The molecule has 0 unspecified atom stereocenters. The second-order valence-electron chi connectivity index (χ2n) is 6.69. The Balaban J connectivity index is 1.84. The minimum absolute atomic E-state index is 0.523. The van der Waals surface area contributed by atoms with E-state index in [1.54, 1.807) is 7.11 Å². The molecule has 3 rings (SSSR count). The van der Waals surface area contributed by atoms with Crippen LogP contribution in [-0.4, -0.2) is 18.7 Å². The summed E-state index contributed by atoms with van der Waals surface area (Å²) in [6.07, 6.45) is 3.90. The largest absolute Gasteiger partial charge is 0.493 e. The van der Waals surface area contributed by atoms with Crippen LogP contribution in [0.15, 0.2) is 47.8 Å². The molecule has 0 aliphatic heterocycles. The van der Waals surface area contributed by atoms with E-state index in [0.717, 1.165) is 29.7 Å². The maximum Gasteiger partial charge on any atom is 0.161 e. The van der Waals surface area contributed by atoms with E-state index in [2.05, 4.69) is 37.0 Å². The minimum atomic E-state index is 0.523. The number of hydrogen-bond donors (Lipinski definition) is 0. The van der Waals surface area contributed by atoms with Crippen molar-refractivity contribution in [2.45, 2.75) is 26.7 Å². The Morgan fingerprint density at radius 3 is 2.66 bits per heavy atom. The maximum absolute atomic E-state index is 9.67. The molecule has 0 amide bonds. The average molecular weight is 405 g/mol. The smallest absolute Gasteiger partial charge is 0.161 e. The Labute approximate surface area is 176 Å². The molecule has 2 aromatic carbocycles. The number of thiazole rings is 1. The number of unbranched alkanes of at least 4 members (excludes halogenated alkanes) is 1. The van der Waals surface area contributed by atoms with Crippen molar-refractivity contribution in [1.82, 2.24) is 4.98 Å². The van der Waals surface area contributed by atoms with Crippen LogP contribution in [-0.2, 0) is 0 Å². The van der Waals surface area contributed by atoms with Crippen LogP contribution < -0.4 is 9.47 Å². The Hall–Kier alpha value is -3.10. The van der Waals surface area contributed by atoms with Gasteiger partial charge in [0.25, 0.3) is 0 Å². The monoisotopic (exact) mass is 404 g/mol. The van der Waals surface area contributed by atoms with E-state index in [1.165, 1.54) is 16.9 Å². The van der Waals surface area contributed by atoms with Crippen molar-refractivity contribution in [2.24, 2.45) is 0 Å². The van der Waals surface area contributed by atoms with Gasteiger partial charge in [-0.1, -0.05) is 49.2 Å². The lowest BCUT2D eigenvalue weighted by molar-refractivity contribution is 0.288. The lowest BCUT2D eigenvalue weighted by atomic mass is 10.1. The van der Waals surface area contributed by atoms with Gasteiger partial charge in [0.05, 0.1) is 25.0 Å². The van der Waals surface area contributed by atoms with E-state index >= 15 is 0 Å². The Morgan fingerprint density at radius 2 is 1.97 bits per heavy atom. The van der Waals surface area contributed by atoms with Gasteiger partial charge < -0.3 is 9.47 Å². The van der Waals surface area contributed by atoms with Crippen molar-refractivity contribution in [3.8, 4) is 28.8 Å². The fraction of sp³-hybridized carbons (Fsp3) is 0.250. The van der Waals surface area contributed by atoms with Gasteiger partial charge in [0, 0.05) is 10.9 Å². The van der Waals surface area contributed by atoms with Gasteiger partial charge in [-0.3, -0.25) is 0 Å². The Kier molecular flexibility index (Phi) is 7.04. The van der Waals surface area contributed by atoms with Gasteiger partial charge in [-0.05, 0) is 37.1 Å². The molecule has 0 aliphatic carbocycles. The highest BCUT2D eigenvalue weighted by Gasteiger charge is 2.11. The van der Waals surface area contributed by atoms with Crippen molar-refractivity contribution >= 4 is 23.0 Å². The predicted molar refractivity (Wildman–Crippen MR) is 119 cm³/mol. The number of aromatic nitrogens is 1. The number of ether oxygens (including phenoxy) is 2. The van der Waals surface area contributed by atoms with Gasteiger partial charge in [-0.2, -0.15) is 5.26 Å². The van der Waals surface area contributed by atoms with E-state index in [9.17, 15) is 5.26 Å². The van der Waals surface area contributed by atoms with E-state index in [1.807, 2.05) is 41.8 Å². The number of benzene rings is 2. The Morgan fingerprint density at radius 1 is 1.17 bits per heavy atom. The van der Waals surface area contributed by atoms with Gasteiger partial charge >= 0.3 is 0 Å². The summed E-state index contributed by atoms with van der Waals surface area (Å²) >= 11 is 1.47. The molecule has 148 valence electrons. The molecule has 0 spiro atoms. The summed E-state index contributed by atoms with van der Waals surface area (Å²) in [5, 5.41) is 12.4. The number of nitrogens with zero attached hydrogens (tertiary/aromatic N) is 2. The summed E-state index contributed by atoms with van der Waals surface area (Å²) in [6, 6.07) is 16.2. The van der Waals surface area contributed by atoms with Gasteiger partial charge in [0.15, 0.2) is 11.5 Å². The molecule has 0 saturated carbocycles. The minimum Gasteiger partial charge on any atom is -0.493 e. The number of methoxy groups -OCH3 is 1. The van der Waals surface area contributed by atoms with Crippen LogP contribution in [0.2, 0.25) is 0 Å². The first kappa shape index (κ1) is 20.6. The van der Waals surface area contributed by atoms with Gasteiger partial charge in [-0.25, -0.2) is 4.98 Å². The van der Waals surface area contributed by atoms with Crippen molar-refractivity contribution in [3.05, 3.63) is 64.0 Å². The number of hydrogen-bond acceptors (Lipinski definition) is 5. The van der Waals surface area contributed by atoms with E-state index in [4.69, 9.17) is 9.47 Å². The molecule has 3 aromatic rings. The van der Waals surface area contributed by atoms with Crippen LogP contribution in [0.4, 0.5) is 0 Å². The first-order chi connectivity index (χ1) is 14.1. The molecule has 0 saturated heterocycles. The summed E-state index contributed by atoms with van der Waals surface area (Å²) in [5.74, 6) is 1.37. The topological polar surface area (TPSA) is 55.1 Å². The number of nitriles is 1. The van der Waals surface area contributed by atoms with Crippen molar-refractivity contribution < 1.29 is 9.47 Å². The predicted octanol–water partition coefficient (Wildman–Crippen LogP) is 6.37. The summed E-state index contributed by atoms with van der Waals surface area (Å²) in [4.78, 5) is 4.66. The zero-order valence-corrected chi connectivity index (χ0v) is 17.8. The molecule has 1 aromatic heterocycles. The molecule has 0 fully saturated rings.